The molecule has 104 valence electrons. The molecule has 1 aliphatic carbocycles. The van der Waals surface area contributed by atoms with Gasteiger partial charge in [-0.25, -0.2) is 17.5 Å². The number of nitrogens with zero attached hydrogens (tertiary/aromatic N) is 1. The largest absolute Gasteiger partial charge is 0.478 e. The molecule has 19 heavy (non-hydrogen) atoms. The third kappa shape index (κ3) is 2.96. The zero-order valence-electron chi connectivity index (χ0n) is 10.7. The molecule has 1 N–H and O–H groups in total. The van der Waals surface area contributed by atoms with Gasteiger partial charge in [-0.2, -0.15) is 0 Å². The van der Waals surface area contributed by atoms with Crippen molar-refractivity contribution in [2.24, 2.45) is 5.92 Å². The number of hydrogen-bond donors (Lipinski definition) is 1. The minimum absolute atomic E-state index is 0.0839. The van der Waals surface area contributed by atoms with Crippen molar-refractivity contribution in [3.63, 3.8) is 0 Å². The van der Waals surface area contributed by atoms with Gasteiger partial charge in [-0.05, 0) is 43.0 Å². The summed E-state index contributed by atoms with van der Waals surface area (Å²) in [5.74, 6) is -0.607. The standard InChI is InChI=1S/C13H17NO4S/c1-14(9-10-3-2-4-10)19(17,18)12-7-5-11(6-8-12)13(15)16/h5-8,10H,2-4,9H2,1H3,(H,15,16). The van der Waals surface area contributed by atoms with Crippen LogP contribution < -0.4 is 0 Å². The Morgan fingerprint density at radius 2 is 1.89 bits per heavy atom. The first-order chi connectivity index (χ1) is 8.91. The van der Waals surface area contributed by atoms with Gasteiger partial charge in [0.1, 0.15) is 0 Å². The summed E-state index contributed by atoms with van der Waals surface area (Å²) in [6.45, 7) is 0.531. The SMILES string of the molecule is CN(CC1CCC1)S(=O)(=O)c1ccc(C(=O)O)cc1. The molecule has 0 unspecified atom stereocenters. The van der Waals surface area contributed by atoms with E-state index in [9.17, 15) is 13.2 Å². The monoisotopic (exact) mass is 283 g/mol. The average Bonchev–Trinajstić information content (AvgIpc) is 2.33. The Kier molecular flexibility index (Phi) is 3.91. The quantitative estimate of drug-likeness (QED) is 0.894. The fraction of sp³-hybridized carbons (Fsp3) is 0.462. The highest BCUT2D eigenvalue weighted by Crippen LogP contribution is 2.28. The molecule has 6 heteroatoms. The van der Waals surface area contributed by atoms with Crippen LogP contribution in [0.3, 0.4) is 0 Å². The van der Waals surface area contributed by atoms with Gasteiger partial charge in [0.25, 0.3) is 0 Å². The van der Waals surface area contributed by atoms with Gasteiger partial charge < -0.3 is 5.11 Å². The fourth-order valence-corrected chi connectivity index (χ4v) is 3.33. The number of benzene rings is 1. The van der Waals surface area contributed by atoms with Crippen molar-refractivity contribution in [3.05, 3.63) is 29.8 Å². The van der Waals surface area contributed by atoms with Crippen molar-refractivity contribution in [2.45, 2.75) is 24.2 Å². The molecular weight excluding hydrogens is 266 g/mol. The zero-order valence-corrected chi connectivity index (χ0v) is 11.6. The number of rotatable bonds is 5. The molecular formula is C13H17NO4S. The van der Waals surface area contributed by atoms with E-state index >= 15 is 0 Å². The summed E-state index contributed by atoms with van der Waals surface area (Å²) < 4.78 is 25.9. The third-order valence-electron chi connectivity index (χ3n) is 3.55. The van der Waals surface area contributed by atoms with Crippen LogP contribution >= 0.6 is 0 Å². The molecule has 2 rings (SSSR count). The van der Waals surface area contributed by atoms with E-state index in [4.69, 9.17) is 5.11 Å². The normalized spacial score (nSPS) is 16.3. The first-order valence-electron chi connectivity index (χ1n) is 6.21. The first-order valence-corrected chi connectivity index (χ1v) is 7.65. The second-order valence-corrected chi connectivity index (χ2v) is 6.96. The van der Waals surface area contributed by atoms with Crippen molar-refractivity contribution in [3.8, 4) is 0 Å². The summed E-state index contributed by atoms with van der Waals surface area (Å²) in [5, 5.41) is 8.79. The number of carboxylic acid groups (broad SMARTS) is 1. The summed E-state index contributed by atoms with van der Waals surface area (Å²) in [7, 11) is -1.94. The van der Waals surface area contributed by atoms with Gasteiger partial charge in [0.05, 0.1) is 10.5 Å². The maximum absolute atomic E-state index is 12.3. The second-order valence-electron chi connectivity index (χ2n) is 4.91. The van der Waals surface area contributed by atoms with Crippen molar-refractivity contribution >= 4 is 16.0 Å². The second kappa shape index (κ2) is 5.30. The summed E-state index contributed by atoms with van der Waals surface area (Å²) in [6, 6.07) is 5.31. The van der Waals surface area contributed by atoms with Crippen LogP contribution in [0.2, 0.25) is 0 Å². The molecule has 1 saturated carbocycles. The van der Waals surface area contributed by atoms with Crippen LogP contribution in [0.25, 0.3) is 0 Å². The number of carbonyl (C=O) groups is 1. The molecule has 0 amide bonds. The molecule has 1 aromatic carbocycles. The Hall–Kier alpha value is -1.40. The number of aromatic carboxylic acids is 1. The van der Waals surface area contributed by atoms with E-state index in [1.54, 1.807) is 7.05 Å². The van der Waals surface area contributed by atoms with Crippen LogP contribution in [0.15, 0.2) is 29.2 Å². The van der Waals surface area contributed by atoms with Crippen LogP contribution in [0.5, 0.6) is 0 Å². The average molecular weight is 283 g/mol. The molecule has 0 aliphatic heterocycles. The van der Waals surface area contributed by atoms with Crippen LogP contribution in [-0.4, -0.2) is 37.4 Å². The maximum Gasteiger partial charge on any atom is 0.335 e. The molecule has 0 spiro atoms. The predicted molar refractivity (Wildman–Crippen MR) is 70.6 cm³/mol. The zero-order chi connectivity index (χ0) is 14.0. The lowest BCUT2D eigenvalue weighted by Gasteiger charge is -2.29. The van der Waals surface area contributed by atoms with Crippen LogP contribution in [0, 0.1) is 5.92 Å². The Labute approximate surface area is 112 Å². The minimum Gasteiger partial charge on any atom is -0.478 e. The minimum atomic E-state index is -3.51. The van der Waals surface area contributed by atoms with Gasteiger partial charge in [-0.15, -0.1) is 0 Å². The van der Waals surface area contributed by atoms with E-state index in [-0.39, 0.29) is 10.5 Å². The Morgan fingerprint density at radius 1 is 1.32 bits per heavy atom. The Morgan fingerprint density at radius 3 is 2.32 bits per heavy atom. The molecule has 0 aromatic heterocycles. The molecule has 1 fully saturated rings. The van der Waals surface area contributed by atoms with Gasteiger partial charge in [-0.3, -0.25) is 0 Å². The molecule has 0 atom stereocenters. The van der Waals surface area contributed by atoms with E-state index in [2.05, 4.69) is 0 Å². The third-order valence-corrected chi connectivity index (χ3v) is 5.39. The molecule has 0 heterocycles. The highest BCUT2D eigenvalue weighted by atomic mass is 32.2. The summed E-state index contributed by atoms with van der Waals surface area (Å²) in [6.07, 6.45) is 3.33. The smallest absolute Gasteiger partial charge is 0.335 e. The number of sulfonamides is 1. The molecule has 1 aromatic rings. The van der Waals surface area contributed by atoms with E-state index in [1.165, 1.54) is 35.0 Å². The lowest BCUT2D eigenvalue weighted by molar-refractivity contribution is 0.0696. The first kappa shape index (κ1) is 14.0. The summed E-state index contributed by atoms with van der Waals surface area (Å²) >= 11 is 0. The Balaban J connectivity index is 2.15. The molecule has 0 saturated heterocycles. The topological polar surface area (TPSA) is 74.7 Å². The van der Waals surface area contributed by atoms with E-state index in [1.807, 2.05) is 0 Å². The van der Waals surface area contributed by atoms with Crippen molar-refractivity contribution in [1.82, 2.24) is 4.31 Å². The van der Waals surface area contributed by atoms with Gasteiger partial charge in [0, 0.05) is 13.6 Å². The highest BCUT2D eigenvalue weighted by molar-refractivity contribution is 7.89. The van der Waals surface area contributed by atoms with Gasteiger partial charge in [0.15, 0.2) is 0 Å². The number of carboxylic acids is 1. The van der Waals surface area contributed by atoms with Gasteiger partial charge >= 0.3 is 5.97 Å². The van der Waals surface area contributed by atoms with Crippen LogP contribution in [0.1, 0.15) is 29.6 Å². The maximum atomic E-state index is 12.3. The summed E-state index contributed by atoms with van der Waals surface area (Å²) in [5.41, 5.74) is 0.0839. The predicted octanol–water partition coefficient (Wildman–Crippen LogP) is 1.81. The Bertz CT molecular complexity index is 561. The molecule has 1 aliphatic rings. The molecule has 5 nitrogen and oxygen atoms in total. The number of hydrogen-bond acceptors (Lipinski definition) is 3. The van der Waals surface area contributed by atoms with E-state index in [0.29, 0.717) is 12.5 Å². The van der Waals surface area contributed by atoms with Gasteiger partial charge in [-0.1, -0.05) is 6.42 Å². The fourth-order valence-electron chi connectivity index (χ4n) is 2.09. The highest BCUT2D eigenvalue weighted by Gasteiger charge is 2.26. The lowest BCUT2D eigenvalue weighted by atomic mass is 9.86. The lowest BCUT2D eigenvalue weighted by Crippen LogP contribution is -2.34. The molecule has 0 bridgehead atoms. The summed E-state index contributed by atoms with van der Waals surface area (Å²) in [4.78, 5) is 10.9. The van der Waals surface area contributed by atoms with Crippen LogP contribution in [-0.2, 0) is 10.0 Å². The van der Waals surface area contributed by atoms with Gasteiger partial charge in [0.2, 0.25) is 10.0 Å². The molecule has 0 radical (unpaired) electrons. The van der Waals surface area contributed by atoms with Crippen molar-refractivity contribution in [1.29, 1.82) is 0 Å². The van der Waals surface area contributed by atoms with Crippen molar-refractivity contribution < 1.29 is 18.3 Å². The van der Waals surface area contributed by atoms with Crippen molar-refractivity contribution in [2.75, 3.05) is 13.6 Å². The van der Waals surface area contributed by atoms with Crippen LogP contribution in [0.4, 0.5) is 0 Å². The van der Waals surface area contributed by atoms with E-state index < -0.39 is 16.0 Å². The van der Waals surface area contributed by atoms with E-state index in [0.717, 1.165) is 12.8 Å².